The lowest BCUT2D eigenvalue weighted by atomic mass is 9.79. The first-order chi connectivity index (χ1) is 18.5. The van der Waals surface area contributed by atoms with E-state index in [-0.39, 0.29) is 17.6 Å². The first kappa shape index (κ1) is 25.9. The summed E-state index contributed by atoms with van der Waals surface area (Å²) >= 11 is 0. The third kappa shape index (κ3) is 5.56. The number of anilines is 1. The molecular weight excluding hydrogens is 485 g/mol. The van der Waals surface area contributed by atoms with Gasteiger partial charge in [-0.2, -0.15) is 0 Å². The van der Waals surface area contributed by atoms with Crippen LogP contribution < -0.4 is 10.1 Å². The zero-order valence-corrected chi connectivity index (χ0v) is 21.4. The van der Waals surface area contributed by atoms with Crippen molar-refractivity contribution < 1.29 is 23.5 Å². The molecule has 3 aromatic carbocycles. The largest absolute Gasteiger partial charge is 0.494 e. The minimum Gasteiger partial charge on any atom is -0.494 e. The molecule has 1 fully saturated rings. The van der Waals surface area contributed by atoms with Gasteiger partial charge in [-0.15, -0.1) is 0 Å². The van der Waals surface area contributed by atoms with Crippen LogP contribution in [0.1, 0.15) is 40.4 Å². The molecule has 3 aromatic rings. The number of nitrogens with one attached hydrogen (secondary N) is 1. The van der Waals surface area contributed by atoms with Gasteiger partial charge < -0.3 is 19.7 Å². The van der Waals surface area contributed by atoms with Crippen LogP contribution in [0.5, 0.6) is 5.75 Å². The molecule has 0 bridgehead atoms. The van der Waals surface area contributed by atoms with Crippen molar-refractivity contribution in [1.29, 1.82) is 0 Å². The molecule has 0 unspecified atom stereocenters. The standard InChI is InChI=1S/C30H32FN3O4/c1-2-38-24-13-7-21(8-14-24)28-27(29(35)32-23-11-9-22(31)10-12-23)25-5-3-4-6-26(25)30(36)34(28)16-15-33-17-19-37-20-18-33/h3-14,27-28H,2,15-20H2,1H3,(H,32,35)/t27-,28+/m1/s1. The summed E-state index contributed by atoms with van der Waals surface area (Å²) in [6.07, 6.45) is 0. The smallest absolute Gasteiger partial charge is 0.254 e. The van der Waals surface area contributed by atoms with Crippen LogP contribution in [-0.2, 0) is 9.53 Å². The number of amides is 2. The number of benzene rings is 3. The van der Waals surface area contributed by atoms with Crippen LogP contribution in [0.15, 0.2) is 72.8 Å². The van der Waals surface area contributed by atoms with Gasteiger partial charge in [0.2, 0.25) is 5.91 Å². The number of carbonyl (C=O) groups is 2. The fourth-order valence-corrected chi connectivity index (χ4v) is 5.25. The van der Waals surface area contributed by atoms with Gasteiger partial charge in [-0.05, 0) is 60.5 Å². The highest BCUT2D eigenvalue weighted by Crippen LogP contribution is 2.43. The summed E-state index contributed by atoms with van der Waals surface area (Å²) in [6, 6.07) is 20.1. The van der Waals surface area contributed by atoms with Gasteiger partial charge in [0.05, 0.1) is 31.8 Å². The molecule has 8 heteroatoms. The minimum atomic E-state index is -0.670. The van der Waals surface area contributed by atoms with Gasteiger partial charge in [0, 0.05) is 37.4 Å². The third-order valence-electron chi connectivity index (χ3n) is 7.13. The molecule has 2 amide bonds. The molecule has 2 heterocycles. The molecule has 1 N–H and O–H groups in total. The molecule has 0 saturated carbocycles. The number of nitrogens with zero attached hydrogens (tertiary/aromatic N) is 2. The summed E-state index contributed by atoms with van der Waals surface area (Å²) in [6.45, 7) is 6.56. The van der Waals surface area contributed by atoms with Gasteiger partial charge in [0.25, 0.3) is 5.91 Å². The lowest BCUT2D eigenvalue weighted by Crippen LogP contribution is -2.49. The molecule has 2 atom stereocenters. The number of rotatable bonds is 8. The number of ether oxygens (including phenoxy) is 2. The summed E-state index contributed by atoms with van der Waals surface area (Å²) in [5.74, 6) is -0.675. The molecule has 2 aliphatic heterocycles. The van der Waals surface area contributed by atoms with E-state index in [0.717, 1.165) is 24.4 Å². The fraction of sp³-hybridized carbons (Fsp3) is 0.333. The molecule has 0 spiro atoms. The predicted octanol–water partition coefficient (Wildman–Crippen LogP) is 4.48. The lowest BCUT2D eigenvalue weighted by molar-refractivity contribution is -0.119. The normalized spacial score (nSPS) is 19.6. The average molecular weight is 518 g/mol. The third-order valence-corrected chi connectivity index (χ3v) is 7.13. The molecule has 0 radical (unpaired) electrons. The Morgan fingerprint density at radius 3 is 2.42 bits per heavy atom. The lowest BCUT2D eigenvalue weighted by Gasteiger charge is -2.42. The predicted molar refractivity (Wildman–Crippen MR) is 143 cm³/mol. The maximum atomic E-state index is 13.9. The zero-order valence-electron chi connectivity index (χ0n) is 21.4. The first-order valence-electron chi connectivity index (χ1n) is 13.0. The van der Waals surface area contributed by atoms with E-state index < -0.39 is 12.0 Å². The summed E-state index contributed by atoms with van der Waals surface area (Å²) in [4.78, 5) is 31.9. The van der Waals surface area contributed by atoms with Crippen molar-refractivity contribution in [2.75, 3.05) is 51.3 Å². The Bertz CT molecular complexity index is 1260. The Morgan fingerprint density at radius 2 is 1.71 bits per heavy atom. The fourth-order valence-electron chi connectivity index (χ4n) is 5.25. The first-order valence-corrected chi connectivity index (χ1v) is 13.0. The van der Waals surface area contributed by atoms with Gasteiger partial charge in [-0.1, -0.05) is 30.3 Å². The number of halogens is 1. The highest BCUT2D eigenvalue weighted by Gasteiger charge is 2.44. The van der Waals surface area contributed by atoms with Crippen LogP contribution in [0.25, 0.3) is 0 Å². The summed E-state index contributed by atoms with van der Waals surface area (Å²) in [5.41, 5.74) is 2.54. The Kier molecular flexibility index (Phi) is 8.00. The highest BCUT2D eigenvalue weighted by atomic mass is 19.1. The van der Waals surface area contributed by atoms with E-state index in [0.29, 0.717) is 49.7 Å². The molecule has 2 aliphatic rings. The second-order valence-electron chi connectivity index (χ2n) is 9.46. The molecule has 7 nitrogen and oxygen atoms in total. The number of hydrogen-bond donors (Lipinski definition) is 1. The molecule has 5 rings (SSSR count). The number of morpholine rings is 1. The van der Waals surface area contributed by atoms with Gasteiger partial charge in [-0.3, -0.25) is 14.5 Å². The average Bonchev–Trinajstić information content (AvgIpc) is 2.95. The van der Waals surface area contributed by atoms with Crippen molar-refractivity contribution in [1.82, 2.24) is 9.80 Å². The summed E-state index contributed by atoms with van der Waals surface area (Å²) in [5, 5.41) is 2.96. The van der Waals surface area contributed by atoms with E-state index in [1.165, 1.54) is 24.3 Å². The van der Waals surface area contributed by atoms with Crippen molar-refractivity contribution in [3.8, 4) is 5.75 Å². The van der Waals surface area contributed by atoms with E-state index in [1.54, 1.807) is 6.07 Å². The number of carbonyl (C=O) groups excluding carboxylic acids is 2. The van der Waals surface area contributed by atoms with Crippen LogP contribution in [0.4, 0.5) is 10.1 Å². The van der Waals surface area contributed by atoms with Crippen LogP contribution in [0.3, 0.4) is 0 Å². The maximum absolute atomic E-state index is 13.9. The summed E-state index contributed by atoms with van der Waals surface area (Å²) in [7, 11) is 0. The van der Waals surface area contributed by atoms with Gasteiger partial charge >= 0.3 is 0 Å². The quantitative estimate of drug-likeness (QED) is 0.477. The van der Waals surface area contributed by atoms with Crippen molar-refractivity contribution in [2.24, 2.45) is 0 Å². The number of fused-ring (bicyclic) bond motifs is 1. The van der Waals surface area contributed by atoms with Gasteiger partial charge in [-0.25, -0.2) is 4.39 Å². The van der Waals surface area contributed by atoms with Crippen molar-refractivity contribution in [3.63, 3.8) is 0 Å². The van der Waals surface area contributed by atoms with Crippen LogP contribution in [-0.4, -0.2) is 67.6 Å². The topological polar surface area (TPSA) is 71.1 Å². The Balaban J connectivity index is 1.54. The van der Waals surface area contributed by atoms with Crippen molar-refractivity contribution in [3.05, 3.63) is 95.3 Å². The van der Waals surface area contributed by atoms with E-state index in [4.69, 9.17) is 9.47 Å². The van der Waals surface area contributed by atoms with Crippen molar-refractivity contribution >= 4 is 17.5 Å². The van der Waals surface area contributed by atoms with Crippen LogP contribution in [0.2, 0.25) is 0 Å². The summed E-state index contributed by atoms with van der Waals surface area (Å²) < 4.78 is 24.6. The van der Waals surface area contributed by atoms with Gasteiger partial charge in [0.1, 0.15) is 11.6 Å². The van der Waals surface area contributed by atoms with E-state index in [2.05, 4.69) is 10.2 Å². The highest BCUT2D eigenvalue weighted by molar-refractivity contribution is 6.04. The number of hydrogen-bond acceptors (Lipinski definition) is 5. The van der Waals surface area contributed by atoms with E-state index >= 15 is 0 Å². The Labute approximate surface area is 222 Å². The Hall–Kier alpha value is -3.75. The molecule has 0 aromatic heterocycles. The van der Waals surface area contributed by atoms with Gasteiger partial charge in [0.15, 0.2) is 0 Å². The Morgan fingerprint density at radius 1 is 1.00 bits per heavy atom. The minimum absolute atomic E-state index is 0.0985. The zero-order chi connectivity index (χ0) is 26.5. The van der Waals surface area contributed by atoms with E-state index in [1.807, 2.05) is 54.3 Å². The van der Waals surface area contributed by atoms with Crippen LogP contribution >= 0.6 is 0 Å². The van der Waals surface area contributed by atoms with Crippen molar-refractivity contribution in [2.45, 2.75) is 18.9 Å². The molecule has 0 aliphatic carbocycles. The van der Waals surface area contributed by atoms with Crippen LogP contribution in [0, 0.1) is 5.82 Å². The molecule has 198 valence electrons. The second-order valence-corrected chi connectivity index (χ2v) is 9.46. The maximum Gasteiger partial charge on any atom is 0.254 e. The van der Waals surface area contributed by atoms with E-state index in [9.17, 15) is 14.0 Å². The monoisotopic (exact) mass is 517 g/mol. The molecular formula is C30H32FN3O4. The SMILES string of the molecule is CCOc1ccc([C@H]2[C@H](C(=O)Nc3ccc(F)cc3)c3ccccc3C(=O)N2CCN2CCOCC2)cc1. The second kappa shape index (κ2) is 11.8. The molecule has 38 heavy (non-hydrogen) atoms. The molecule has 1 saturated heterocycles.